The van der Waals surface area contributed by atoms with E-state index in [1.165, 1.54) is 4.90 Å². The van der Waals surface area contributed by atoms with E-state index in [1.54, 1.807) is 6.07 Å². The van der Waals surface area contributed by atoms with Gasteiger partial charge in [-0.15, -0.1) is 0 Å². The number of nitriles is 1. The molecule has 8 aromatic rings. The van der Waals surface area contributed by atoms with Crippen LogP contribution in [0.2, 0.25) is 0 Å². The Bertz CT molecular complexity index is 2860. The van der Waals surface area contributed by atoms with Crippen LogP contribution in [0.5, 0.6) is 0 Å². The highest BCUT2D eigenvalue weighted by molar-refractivity contribution is 6.36. The van der Waals surface area contributed by atoms with E-state index in [1.807, 2.05) is 117 Å². The number of carbonyl (C=O) groups is 2. The van der Waals surface area contributed by atoms with E-state index in [4.69, 9.17) is 6.57 Å². The van der Waals surface area contributed by atoms with Crippen LogP contribution in [0.15, 0.2) is 146 Å². The van der Waals surface area contributed by atoms with Gasteiger partial charge in [0.1, 0.15) is 0 Å². The van der Waals surface area contributed by atoms with Crippen molar-refractivity contribution >= 4 is 45.0 Å². The van der Waals surface area contributed by atoms with E-state index in [9.17, 15) is 14.9 Å². The number of benzene rings is 7. The van der Waals surface area contributed by atoms with Crippen molar-refractivity contribution in [1.82, 2.24) is 4.57 Å². The van der Waals surface area contributed by atoms with Crippen LogP contribution in [0.25, 0.3) is 65.7 Å². The van der Waals surface area contributed by atoms with Gasteiger partial charge in [0.05, 0.1) is 51.7 Å². The van der Waals surface area contributed by atoms with Crippen molar-refractivity contribution in [3.63, 3.8) is 0 Å². The molecular weight excluding hydrogens is 665 g/mol. The van der Waals surface area contributed by atoms with E-state index in [0.717, 1.165) is 66.3 Å². The summed E-state index contributed by atoms with van der Waals surface area (Å²) >= 11 is 0. The van der Waals surface area contributed by atoms with Crippen LogP contribution in [0, 0.1) is 31.8 Å². The molecule has 0 atom stereocenters. The normalized spacial score (nSPS) is 12.3. The molecule has 54 heavy (non-hydrogen) atoms. The average molecular weight is 695 g/mol. The fraction of sp³-hybridized carbons (Fsp3) is 0.0417. The summed E-state index contributed by atoms with van der Waals surface area (Å²) < 4.78 is 2.11. The number of carbonyl (C=O) groups excluding carboxylic acids is 2. The zero-order valence-electron chi connectivity index (χ0n) is 29.5. The van der Waals surface area contributed by atoms with Crippen LogP contribution in [0.3, 0.4) is 0 Å². The molecule has 0 N–H and O–H groups in total. The molecule has 0 bridgehead atoms. The molecule has 7 aromatic carbocycles. The largest absolute Gasteiger partial charge is 0.308 e. The number of rotatable bonds is 5. The molecule has 0 fully saturated rings. The van der Waals surface area contributed by atoms with Crippen LogP contribution < -0.4 is 4.90 Å². The quantitative estimate of drug-likeness (QED) is 0.133. The fourth-order valence-corrected chi connectivity index (χ4v) is 7.91. The maximum Gasteiger partial charge on any atom is 0.268 e. The highest BCUT2D eigenvalue weighted by Gasteiger charge is 2.40. The number of nitrogens with zero attached hydrogens (tertiary/aromatic N) is 4. The predicted octanol–water partition coefficient (Wildman–Crippen LogP) is 11.6. The number of anilines is 1. The Morgan fingerprint density at radius 2 is 1.17 bits per heavy atom. The summed E-state index contributed by atoms with van der Waals surface area (Å²) in [6.45, 7) is 11.5. The Balaban J connectivity index is 1.30. The summed E-state index contributed by atoms with van der Waals surface area (Å²) in [5.41, 5.74) is 12.3. The van der Waals surface area contributed by atoms with Gasteiger partial charge in [-0.3, -0.25) is 9.59 Å². The predicted molar refractivity (Wildman–Crippen MR) is 215 cm³/mol. The van der Waals surface area contributed by atoms with Gasteiger partial charge in [-0.2, -0.15) is 5.26 Å². The van der Waals surface area contributed by atoms with E-state index in [-0.39, 0.29) is 11.8 Å². The second-order valence-corrected chi connectivity index (χ2v) is 13.6. The molecule has 6 nitrogen and oxygen atoms in total. The van der Waals surface area contributed by atoms with Crippen LogP contribution >= 0.6 is 0 Å². The van der Waals surface area contributed by atoms with Crippen molar-refractivity contribution in [3.05, 3.63) is 185 Å². The molecule has 0 radical (unpaired) electrons. The van der Waals surface area contributed by atoms with E-state index >= 15 is 0 Å². The van der Waals surface area contributed by atoms with Gasteiger partial charge in [0.15, 0.2) is 5.69 Å². The third-order valence-electron chi connectivity index (χ3n) is 10.4. The lowest BCUT2D eigenvalue weighted by atomic mass is 9.97. The molecule has 2 heterocycles. The summed E-state index contributed by atoms with van der Waals surface area (Å²) in [6, 6.07) is 49.1. The third-order valence-corrected chi connectivity index (χ3v) is 10.4. The highest BCUT2D eigenvalue weighted by Crippen LogP contribution is 2.42. The lowest BCUT2D eigenvalue weighted by molar-refractivity contribution is 0.0926. The number of para-hydroxylation sites is 1. The third kappa shape index (κ3) is 5.01. The first-order valence-electron chi connectivity index (χ1n) is 17.6. The monoisotopic (exact) mass is 694 g/mol. The van der Waals surface area contributed by atoms with Gasteiger partial charge in [0, 0.05) is 16.3 Å². The first-order valence-corrected chi connectivity index (χ1v) is 17.6. The Labute approximate surface area is 312 Å². The van der Waals surface area contributed by atoms with E-state index in [2.05, 4.69) is 51.9 Å². The number of hydrogen-bond acceptors (Lipinski definition) is 3. The Hall–Kier alpha value is -7.54. The maximum atomic E-state index is 14.8. The molecule has 9 rings (SSSR count). The van der Waals surface area contributed by atoms with E-state index in [0.29, 0.717) is 33.8 Å². The number of imide groups is 1. The highest BCUT2D eigenvalue weighted by atomic mass is 16.2. The van der Waals surface area contributed by atoms with Crippen LogP contribution in [0.4, 0.5) is 11.4 Å². The van der Waals surface area contributed by atoms with Gasteiger partial charge < -0.3 is 4.57 Å². The minimum atomic E-state index is -0.384. The molecule has 254 valence electrons. The summed E-state index contributed by atoms with van der Waals surface area (Å²) in [5, 5.41) is 11.5. The van der Waals surface area contributed by atoms with Crippen molar-refractivity contribution < 1.29 is 9.59 Å². The number of hydrogen-bond donors (Lipinski definition) is 0. The summed E-state index contributed by atoms with van der Waals surface area (Å²) in [6.07, 6.45) is 0. The minimum absolute atomic E-state index is 0.340. The summed E-state index contributed by atoms with van der Waals surface area (Å²) in [7, 11) is 0. The smallest absolute Gasteiger partial charge is 0.268 e. The van der Waals surface area contributed by atoms with Gasteiger partial charge in [0.2, 0.25) is 0 Å². The van der Waals surface area contributed by atoms with Crippen LogP contribution in [0.1, 0.15) is 37.4 Å². The van der Waals surface area contributed by atoms with Gasteiger partial charge >= 0.3 is 0 Å². The minimum Gasteiger partial charge on any atom is -0.308 e. The summed E-state index contributed by atoms with van der Waals surface area (Å²) in [5.74, 6) is -0.754. The summed E-state index contributed by atoms with van der Waals surface area (Å²) in [4.78, 5) is 34.1. The lowest BCUT2D eigenvalue weighted by Gasteiger charge is -2.19. The van der Waals surface area contributed by atoms with E-state index < -0.39 is 0 Å². The molecular formula is C48H30N4O2. The number of fused-ring (bicyclic) bond motifs is 4. The molecule has 1 aliphatic rings. The molecule has 0 spiro atoms. The Morgan fingerprint density at radius 1 is 0.556 bits per heavy atom. The maximum absolute atomic E-state index is 14.8. The van der Waals surface area contributed by atoms with Crippen molar-refractivity contribution in [3.8, 4) is 45.1 Å². The number of aromatic nitrogens is 1. The van der Waals surface area contributed by atoms with Crippen molar-refractivity contribution in [2.75, 3.05) is 4.90 Å². The molecule has 1 aliphatic heterocycles. The van der Waals surface area contributed by atoms with Crippen molar-refractivity contribution in [2.45, 2.75) is 13.8 Å². The standard InChI is InChI=1S/C48H30N4O2/c1-29-24-31(28-49)16-20-36(29)33-17-21-39-40-22-18-34(37-23-19-35(50-3)25-30(37)2)27-45(40)51(44(39)26-33)43-15-9-13-41-46(43)48(54)52(47(41)53)42-14-8-7-12-38(42)32-10-5-4-6-11-32/h4-27H,1-2H3. The molecule has 1 aromatic heterocycles. The SMILES string of the molecule is [C-]#[N+]c1ccc(-c2ccc3c4ccc(-c5ccc(C#N)cc5C)cc4n(-c4cccc5c4C(=O)N(c4ccccc4-c4ccccc4)C5=O)c3c2)c(C)c1. The average Bonchev–Trinajstić information content (AvgIpc) is 3.67. The molecule has 0 saturated carbocycles. The van der Waals surface area contributed by atoms with Gasteiger partial charge in [-0.1, -0.05) is 109 Å². The Morgan fingerprint density at radius 3 is 1.81 bits per heavy atom. The molecule has 2 amide bonds. The molecule has 6 heteroatoms. The first-order chi connectivity index (χ1) is 26.4. The topological polar surface area (TPSA) is 70.5 Å². The number of aryl methyl sites for hydroxylation is 2. The van der Waals surface area contributed by atoms with Gasteiger partial charge in [0.25, 0.3) is 11.8 Å². The zero-order valence-corrected chi connectivity index (χ0v) is 29.5. The number of amides is 2. The van der Waals surface area contributed by atoms with Crippen molar-refractivity contribution in [1.29, 1.82) is 5.26 Å². The Kier molecular flexibility index (Phi) is 7.55. The molecule has 0 unspecified atom stereocenters. The van der Waals surface area contributed by atoms with Crippen LogP contribution in [-0.2, 0) is 0 Å². The van der Waals surface area contributed by atoms with Gasteiger partial charge in [-0.05, 0) is 89.7 Å². The second kappa shape index (κ2) is 12.6. The second-order valence-electron chi connectivity index (χ2n) is 13.6. The fourth-order valence-electron chi connectivity index (χ4n) is 7.91. The lowest BCUT2D eigenvalue weighted by Crippen LogP contribution is -2.30. The van der Waals surface area contributed by atoms with Crippen LogP contribution in [-0.4, -0.2) is 16.4 Å². The van der Waals surface area contributed by atoms with Crippen molar-refractivity contribution in [2.24, 2.45) is 0 Å². The first kappa shape index (κ1) is 32.4. The molecule has 0 aliphatic carbocycles. The van der Waals surface area contributed by atoms with Gasteiger partial charge in [-0.25, -0.2) is 9.74 Å². The molecule has 0 saturated heterocycles. The zero-order chi connectivity index (χ0) is 37.1.